The van der Waals surface area contributed by atoms with Crippen LogP contribution in [0.2, 0.25) is 0 Å². The number of nitro groups is 1. The monoisotopic (exact) mass is 331 g/mol. The number of nitro benzene ring substituents is 1. The van der Waals surface area contributed by atoms with Gasteiger partial charge in [-0.3, -0.25) is 10.1 Å². The average Bonchev–Trinajstić information content (AvgIpc) is 2.50. The van der Waals surface area contributed by atoms with Crippen LogP contribution in [0.1, 0.15) is 11.1 Å². The molecule has 23 heavy (non-hydrogen) atoms. The van der Waals surface area contributed by atoms with Crippen molar-refractivity contribution in [3.05, 3.63) is 57.6 Å². The summed E-state index contributed by atoms with van der Waals surface area (Å²) >= 11 is 5.26. The van der Waals surface area contributed by atoms with Crippen LogP contribution < -0.4 is 15.4 Å². The van der Waals surface area contributed by atoms with Gasteiger partial charge < -0.3 is 15.4 Å². The molecule has 0 spiro atoms. The third-order valence-electron chi connectivity index (χ3n) is 3.34. The van der Waals surface area contributed by atoms with Crippen molar-refractivity contribution in [3.8, 4) is 5.75 Å². The summed E-state index contributed by atoms with van der Waals surface area (Å²) in [4.78, 5) is 10.6. The minimum Gasteiger partial charge on any atom is -0.497 e. The van der Waals surface area contributed by atoms with Gasteiger partial charge in [-0.15, -0.1) is 0 Å². The third kappa shape index (κ3) is 4.17. The number of benzene rings is 2. The first-order valence-electron chi connectivity index (χ1n) is 6.88. The van der Waals surface area contributed by atoms with Crippen LogP contribution in [0, 0.1) is 24.0 Å². The van der Waals surface area contributed by atoms with E-state index >= 15 is 0 Å². The maximum Gasteiger partial charge on any atom is 0.274 e. The first-order chi connectivity index (χ1) is 10.9. The molecule has 0 atom stereocenters. The number of thiocarbonyl (C=S) groups is 1. The molecule has 0 aliphatic carbocycles. The summed E-state index contributed by atoms with van der Waals surface area (Å²) in [6, 6.07) is 10.5. The number of anilines is 2. The Bertz CT molecular complexity index is 745. The predicted octanol–water partition coefficient (Wildman–Crippen LogP) is 4.03. The van der Waals surface area contributed by atoms with E-state index < -0.39 is 4.92 Å². The van der Waals surface area contributed by atoms with E-state index in [1.807, 2.05) is 31.2 Å². The van der Waals surface area contributed by atoms with E-state index in [2.05, 4.69) is 10.6 Å². The summed E-state index contributed by atoms with van der Waals surface area (Å²) < 4.78 is 5.09. The zero-order valence-corrected chi connectivity index (χ0v) is 13.9. The van der Waals surface area contributed by atoms with Crippen molar-refractivity contribution in [1.29, 1.82) is 0 Å². The first-order valence-corrected chi connectivity index (χ1v) is 7.29. The van der Waals surface area contributed by atoms with E-state index in [-0.39, 0.29) is 5.69 Å². The van der Waals surface area contributed by atoms with Gasteiger partial charge in [0.2, 0.25) is 0 Å². The second-order valence-corrected chi connectivity index (χ2v) is 5.43. The Labute approximate surface area is 139 Å². The molecule has 0 radical (unpaired) electrons. The topological polar surface area (TPSA) is 76.4 Å². The molecular formula is C16H17N3O3S. The summed E-state index contributed by atoms with van der Waals surface area (Å²) in [5.74, 6) is 0.749. The number of nitrogens with one attached hydrogen (secondary N) is 2. The van der Waals surface area contributed by atoms with E-state index in [0.29, 0.717) is 16.4 Å². The van der Waals surface area contributed by atoms with Crippen LogP contribution >= 0.6 is 12.2 Å². The summed E-state index contributed by atoms with van der Waals surface area (Å²) in [6.45, 7) is 3.58. The van der Waals surface area contributed by atoms with Crippen LogP contribution in [0.25, 0.3) is 0 Å². The predicted molar refractivity (Wildman–Crippen MR) is 95.4 cm³/mol. The highest BCUT2D eigenvalue weighted by Gasteiger charge is 2.14. The molecule has 0 unspecified atom stereocenters. The molecule has 0 saturated heterocycles. The molecule has 0 fully saturated rings. The molecule has 2 N–H and O–H groups in total. The van der Waals surface area contributed by atoms with Crippen molar-refractivity contribution >= 4 is 34.4 Å². The van der Waals surface area contributed by atoms with Crippen molar-refractivity contribution < 1.29 is 9.66 Å². The summed E-state index contributed by atoms with van der Waals surface area (Å²) in [6.07, 6.45) is 0. The number of rotatable bonds is 4. The van der Waals surface area contributed by atoms with Crippen molar-refractivity contribution in [2.75, 3.05) is 17.7 Å². The Kier molecular flexibility index (Phi) is 5.13. The van der Waals surface area contributed by atoms with Crippen LogP contribution in [0.5, 0.6) is 5.75 Å². The number of hydrogen-bond donors (Lipinski definition) is 2. The molecule has 0 bridgehead atoms. The SMILES string of the molecule is COc1ccc(NC(=S)Nc2cc([N+](=O)[O-])c(C)cc2C)cc1. The number of ether oxygens (including phenoxy) is 1. The molecule has 2 aromatic rings. The number of aryl methyl sites for hydroxylation is 2. The Morgan fingerprint density at radius 1 is 1.13 bits per heavy atom. The van der Waals surface area contributed by atoms with Gasteiger partial charge in [-0.2, -0.15) is 0 Å². The molecule has 0 amide bonds. The van der Waals surface area contributed by atoms with Crippen LogP contribution in [0.3, 0.4) is 0 Å². The number of methoxy groups -OCH3 is 1. The second kappa shape index (κ2) is 7.06. The molecule has 0 aliphatic rings. The minimum absolute atomic E-state index is 0.0605. The van der Waals surface area contributed by atoms with Crippen LogP contribution in [0.15, 0.2) is 36.4 Å². The van der Waals surface area contributed by atoms with Gasteiger partial charge in [-0.25, -0.2) is 0 Å². The van der Waals surface area contributed by atoms with E-state index in [9.17, 15) is 10.1 Å². The Morgan fingerprint density at radius 3 is 2.35 bits per heavy atom. The highest BCUT2D eigenvalue weighted by atomic mass is 32.1. The van der Waals surface area contributed by atoms with Crippen molar-refractivity contribution in [1.82, 2.24) is 0 Å². The quantitative estimate of drug-likeness (QED) is 0.500. The molecular weight excluding hydrogens is 314 g/mol. The molecule has 0 aromatic heterocycles. The molecule has 6 nitrogen and oxygen atoms in total. The zero-order valence-electron chi connectivity index (χ0n) is 13.0. The van der Waals surface area contributed by atoms with Gasteiger partial charge in [0, 0.05) is 17.3 Å². The number of nitrogens with zero attached hydrogens (tertiary/aromatic N) is 1. The van der Waals surface area contributed by atoms with Gasteiger partial charge >= 0.3 is 0 Å². The summed E-state index contributed by atoms with van der Waals surface area (Å²) in [7, 11) is 1.60. The lowest BCUT2D eigenvalue weighted by molar-refractivity contribution is -0.385. The molecule has 0 saturated carbocycles. The Morgan fingerprint density at radius 2 is 1.78 bits per heavy atom. The van der Waals surface area contributed by atoms with Crippen molar-refractivity contribution in [2.24, 2.45) is 0 Å². The molecule has 120 valence electrons. The molecule has 7 heteroatoms. The second-order valence-electron chi connectivity index (χ2n) is 5.02. The van der Waals surface area contributed by atoms with E-state index in [0.717, 1.165) is 17.0 Å². The van der Waals surface area contributed by atoms with E-state index in [1.165, 1.54) is 6.07 Å². The summed E-state index contributed by atoms with van der Waals surface area (Å²) in [5.41, 5.74) is 2.96. The van der Waals surface area contributed by atoms with Crippen LogP contribution in [0.4, 0.5) is 17.1 Å². The van der Waals surface area contributed by atoms with Gasteiger partial charge in [0.25, 0.3) is 5.69 Å². The zero-order chi connectivity index (χ0) is 17.0. The van der Waals surface area contributed by atoms with Crippen molar-refractivity contribution in [3.63, 3.8) is 0 Å². The molecule has 0 aliphatic heterocycles. The fraction of sp³-hybridized carbons (Fsp3) is 0.188. The normalized spacial score (nSPS) is 10.0. The lowest BCUT2D eigenvalue weighted by atomic mass is 10.1. The first kappa shape index (κ1) is 16.7. The average molecular weight is 331 g/mol. The Balaban J connectivity index is 2.13. The highest BCUT2D eigenvalue weighted by Crippen LogP contribution is 2.26. The largest absolute Gasteiger partial charge is 0.497 e. The molecule has 0 heterocycles. The van der Waals surface area contributed by atoms with Gasteiger partial charge in [0.15, 0.2) is 5.11 Å². The summed E-state index contributed by atoms with van der Waals surface area (Å²) in [5, 5.41) is 17.4. The maximum absolute atomic E-state index is 11.0. The standard InChI is InChI=1S/C16H17N3O3S/c1-10-8-11(2)15(19(20)21)9-14(10)18-16(23)17-12-4-6-13(22-3)7-5-12/h4-9H,1-3H3,(H2,17,18,23). The lowest BCUT2D eigenvalue weighted by Gasteiger charge is -2.13. The number of hydrogen-bond acceptors (Lipinski definition) is 4. The van der Waals surface area contributed by atoms with Gasteiger partial charge in [0.1, 0.15) is 5.75 Å². The maximum atomic E-state index is 11.0. The minimum atomic E-state index is -0.403. The van der Waals surface area contributed by atoms with Gasteiger partial charge in [-0.05, 0) is 62.0 Å². The third-order valence-corrected chi connectivity index (χ3v) is 3.54. The van der Waals surface area contributed by atoms with Crippen LogP contribution in [-0.4, -0.2) is 17.1 Å². The smallest absolute Gasteiger partial charge is 0.274 e. The molecule has 2 aromatic carbocycles. The fourth-order valence-corrected chi connectivity index (χ4v) is 2.36. The van der Waals surface area contributed by atoms with Gasteiger partial charge in [-0.1, -0.05) is 0 Å². The van der Waals surface area contributed by atoms with Crippen molar-refractivity contribution in [2.45, 2.75) is 13.8 Å². The lowest BCUT2D eigenvalue weighted by Crippen LogP contribution is -2.19. The Hall–Kier alpha value is -2.67. The fourth-order valence-electron chi connectivity index (χ4n) is 2.13. The van der Waals surface area contributed by atoms with Crippen LogP contribution in [-0.2, 0) is 0 Å². The van der Waals surface area contributed by atoms with Gasteiger partial charge in [0.05, 0.1) is 17.7 Å². The molecule has 2 rings (SSSR count). The van der Waals surface area contributed by atoms with E-state index in [4.69, 9.17) is 17.0 Å². The highest BCUT2D eigenvalue weighted by molar-refractivity contribution is 7.80. The van der Waals surface area contributed by atoms with E-state index in [1.54, 1.807) is 20.1 Å².